The average Bonchev–Trinajstić information content (AvgIpc) is 3.24. The van der Waals surface area contributed by atoms with Gasteiger partial charge in [-0.1, -0.05) is 36.4 Å². The van der Waals surface area contributed by atoms with Gasteiger partial charge < -0.3 is 57.3 Å². The smallest absolute Gasteiger partial charge is 0.255 e. The molecule has 0 spiro atoms. The van der Waals surface area contributed by atoms with Crippen molar-refractivity contribution >= 4 is 40.1 Å². The van der Waals surface area contributed by atoms with Crippen LogP contribution in [0.3, 0.4) is 0 Å². The lowest BCUT2D eigenvalue weighted by molar-refractivity contribution is -0.130. The van der Waals surface area contributed by atoms with Gasteiger partial charge in [-0.15, -0.1) is 11.6 Å². The van der Waals surface area contributed by atoms with E-state index in [2.05, 4.69) is 55.4 Å². The summed E-state index contributed by atoms with van der Waals surface area (Å²) in [5.41, 5.74) is 7.26. The van der Waals surface area contributed by atoms with Gasteiger partial charge in [0.25, 0.3) is 5.91 Å². The van der Waals surface area contributed by atoms with Crippen molar-refractivity contribution in [3.63, 3.8) is 0 Å². The van der Waals surface area contributed by atoms with Crippen LogP contribution in [0.25, 0.3) is 10.8 Å². The minimum absolute atomic E-state index is 0.0698. The Hall–Kier alpha value is -4.02. The number of fused-ring (bicyclic) bond motifs is 1. The van der Waals surface area contributed by atoms with Crippen molar-refractivity contribution in [2.24, 2.45) is 5.73 Å². The van der Waals surface area contributed by atoms with Gasteiger partial charge in [-0.3, -0.25) is 14.4 Å². The topological polar surface area (TPSA) is 185 Å². The van der Waals surface area contributed by atoms with Crippen LogP contribution < -0.4 is 42.4 Å². The summed E-state index contributed by atoms with van der Waals surface area (Å²) in [6.45, 7) is 12.8. The van der Waals surface area contributed by atoms with Crippen LogP contribution in [0.1, 0.15) is 28.8 Å². The summed E-state index contributed by atoms with van der Waals surface area (Å²) in [6, 6.07) is 17.3. The molecule has 3 aromatic carbocycles. The van der Waals surface area contributed by atoms with Crippen LogP contribution in [0.2, 0.25) is 0 Å². The third-order valence-electron chi connectivity index (χ3n) is 9.12. The fourth-order valence-electron chi connectivity index (χ4n) is 5.90. The molecule has 55 heavy (non-hydrogen) atoms. The summed E-state index contributed by atoms with van der Waals surface area (Å²) < 4.78 is 6.01. The van der Waals surface area contributed by atoms with E-state index in [1.807, 2.05) is 30.3 Å². The molecule has 0 saturated carbocycles. The molecule has 3 aromatic rings. The number of phenolic OH excluding ortho intramolecular Hbond substituents is 1. The number of nitrogens with two attached hydrogens (primary N) is 1. The standard InChI is InChI=1S/C30H37N5O5.C5H12N2.C4H10N2.CH3Cl/c31-26(17-21-7-9-24(36)10-8-21)30(39)33-11-3-4-16-40-27-19-23-6-2-1-5-22(23)18-25(27)29(38)34-20-28(37)35-14-12-32-13-15-35;1-7-4-2-6-3-5-7;1-2-6-4-3-5-1;1-2/h1-2,5-10,18-19,26,32,36H,3-4,11-17,20,31H2,(H,33,39)(H,34,38);6H,2-5H2,1H3;5-6H,1-4H2;1H3. The molecule has 1 atom stereocenters. The zero-order valence-corrected chi connectivity index (χ0v) is 33.3. The normalized spacial score (nSPS) is 16.1. The monoisotopic (exact) mass is 783 g/mol. The Balaban J connectivity index is 0.000000449. The van der Waals surface area contributed by atoms with E-state index in [0.29, 0.717) is 56.8 Å². The second-order valence-electron chi connectivity index (χ2n) is 13.4. The SMILES string of the molecule is C1CNCCN1.CCl.CN1CCNCC1.NC(Cc1ccc(O)cc1)C(=O)NCCCCOc1cc2ccccc2cc1C(=O)NCC(=O)N1CCNCC1. The first-order chi connectivity index (χ1) is 26.8. The van der Waals surface area contributed by atoms with Crippen molar-refractivity contribution in [2.45, 2.75) is 25.3 Å². The number of amides is 3. The maximum Gasteiger partial charge on any atom is 0.255 e. The minimum atomic E-state index is -0.682. The van der Waals surface area contributed by atoms with Gasteiger partial charge in [-0.25, -0.2) is 0 Å². The first-order valence-electron chi connectivity index (χ1n) is 19.2. The van der Waals surface area contributed by atoms with Gasteiger partial charge in [0.05, 0.1) is 24.8 Å². The number of halogens is 1. The van der Waals surface area contributed by atoms with E-state index in [1.54, 1.807) is 35.2 Å². The number of unbranched alkanes of at least 4 members (excludes halogenated alkanes) is 1. The zero-order chi connectivity index (χ0) is 39.7. The van der Waals surface area contributed by atoms with Crippen molar-refractivity contribution in [3.05, 3.63) is 71.8 Å². The van der Waals surface area contributed by atoms with E-state index in [0.717, 1.165) is 68.7 Å². The van der Waals surface area contributed by atoms with Gasteiger partial charge in [-0.05, 0) is 66.9 Å². The number of benzene rings is 3. The fraction of sp³-hybridized carbons (Fsp3) is 0.525. The number of aromatic hydroxyl groups is 1. The van der Waals surface area contributed by atoms with E-state index in [1.165, 1.54) is 19.5 Å². The molecule has 14 nitrogen and oxygen atoms in total. The molecule has 0 radical (unpaired) electrons. The van der Waals surface area contributed by atoms with Crippen molar-refractivity contribution in [1.29, 1.82) is 0 Å². The second kappa shape index (κ2) is 26.7. The van der Waals surface area contributed by atoms with Crippen LogP contribution in [-0.4, -0.2) is 150 Å². The van der Waals surface area contributed by atoms with E-state index < -0.39 is 6.04 Å². The predicted octanol–water partition coefficient (Wildman–Crippen LogP) is 1.11. The molecule has 3 amide bonds. The Kier molecular flexibility index (Phi) is 22.0. The summed E-state index contributed by atoms with van der Waals surface area (Å²) in [4.78, 5) is 42.0. The third kappa shape index (κ3) is 17.5. The quantitative estimate of drug-likeness (QED) is 0.0973. The van der Waals surface area contributed by atoms with E-state index in [9.17, 15) is 19.5 Å². The number of phenols is 1. The summed E-state index contributed by atoms with van der Waals surface area (Å²) in [5, 5.41) is 29.8. The summed E-state index contributed by atoms with van der Waals surface area (Å²) >= 11 is 4.64. The molecule has 15 heteroatoms. The number of ether oxygens (including phenoxy) is 1. The zero-order valence-electron chi connectivity index (χ0n) is 32.5. The molecule has 0 aliphatic carbocycles. The molecule has 1 unspecified atom stereocenters. The number of alkyl halides is 1. The lowest BCUT2D eigenvalue weighted by atomic mass is 10.1. The van der Waals surface area contributed by atoms with Crippen LogP contribution in [0, 0.1) is 0 Å². The molecular weight excluding hydrogens is 722 g/mol. The highest BCUT2D eigenvalue weighted by molar-refractivity contribution is 6.15. The molecule has 0 bridgehead atoms. The first-order valence-corrected chi connectivity index (χ1v) is 20.0. The van der Waals surface area contributed by atoms with Crippen LogP contribution in [0.4, 0.5) is 0 Å². The lowest BCUT2D eigenvalue weighted by Gasteiger charge is -2.27. The molecule has 3 aliphatic rings. The number of nitrogens with zero attached hydrogens (tertiary/aromatic N) is 2. The Labute approximate surface area is 331 Å². The minimum Gasteiger partial charge on any atom is -0.508 e. The molecule has 0 aromatic heterocycles. The van der Waals surface area contributed by atoms with Crippen LogP contribution in [0.5, 0.6) is 11.5 Å². The van der Waals surface area contributed by atoms with Crippen molar-refractivity contribution in [1.82, 2.24) is 41.7 Å². The maximum absolute atomic E-state index is 13.1. The summed E-state index contributed by atoms with van der Waals surface area (Å²) in [6.07, 6.45) is 3.18. The summed E-state index contributed by atoms with van der Waals surface area (Å²) in [7, 11) is 2.15. The number of rotatable bonds is 12. The highest BCUT2D eigenvalue weighted by Gasteiger charge is 2.20. The molecule has 3 saturated heterocycles. The highest BCUT2D eigenvalue weighted by Crippen LogP contribution is 2.26. The number of carbonyl (C=O) groups excluding carboxylic acids is 3. The average molecular weight is 784 g/mol. The van der Waals surface area contributed by atoms with Crippen molar-refractivity contribution in [2.75, 3.05) is 112 Å². The molecule has 9 N–H and O–H groups in total. The predicted molar refractivity (Wildman–Crippen MR) is 221 cm³/mol. The largest absolute Gasteiger partial charge is 0.508 e. The van der Waals surface area contributed by atoms with Gasteiger partial charge in [0.2, 0.25) is 11.8 Å². The van der Waals surface area contributed by atoms with Gasteiger partial charge in [0.1, 0.15) is 11.5 Å². The third-order valence-corrected chi connectivity index (χ3v) is 9.12. The van der Waals surface area contributed by atoms with Crippen LogP contribution in [-0.2, 0) is 16.0 Å². The van der Waals surface area contributed by atoms with Gasteiger partial charge in [-0.2, -0.15) is 0 Å². The Bertz CT molecular complexity index is 1540. The number of hydrogen-bond donors (Lipinski definition) is 8. The number of carbonyl (C=O) groups is 3. The van der Waals surface area contributed by atoms with Gasteiger partial charge >= 0.3 is 0 Å². The Morgan fingerprint density at radius 3 is 1.93 bits per heavy atom. The fourth-order valence-corrected chi connectivity index (χ4v) is 5.90. The molecule has 304 valence electrons. The van der Waals surface area contributed by atoms with Crippen molar-refractivity contribution in [3.8, 4) is 11.5 Å². The maximum atomic E-state index is 13.1. The van der Waals surface area contributed by atoms with E-state index in [-0.39, 0.29) is 30.0 Å². The summed E-state index contributed by atoms with van der Waals surface area (Å²) in [5.74, 6) is -0.0907. The van der Waals surface area contributed by atoms with Crippen molar-refractivity contribution < 1.29 is 24.2 Å². The van der Waals surface area contributed by atoms with Crippen LogP contribution in [0.15, 0.2) is 60.7 Å². The van der Waals surface area contributed by atoms with Gasteiger partial charge in [0, 0.05) is 91.5 Å². The van der Waals surface area contributed by atoms with Crippen LogP contribution >= 0.6 is 11.6 Å². The first kappa shape index (κ1) is 45.4. The van der Waals surface area contributed by atoms with Gasteiger partial charge in [0.15, 0.2) is 0 Å². The number of hydrogen-bond acceptors (Lipinski definition) is 11. The second-order valence-corrected chi connectivity index (χ2v) is 13.4. The molecule has 3 aliphatic heterocycles. The van der Waals surface area contributed by atoms with E-state index >= 15 is 0 Å². The molecule has 3 heterocycles. The molecule has 6 rings (SSSR count). The highest BCUT2D eigenvalue weighted by atomic mass is 35.5. The molecule has 3 fully saturated rings. The Morgan fingerprint density at radius 2 is 1.36 bits per heavy atom. The van der Waals surface area contributed by atoms with E-state index in [4.69, 9.17) is 10.5 Å². The number of nitrogens with one attached hydrogen (secondary N) is 6. The molecular formula is C40H62ClN9O5. The Morgan fingerprint density at radius 1 is 0.800 bits per heavy atom. The lowest BCUT2D eigenvalue weighted by Crippen LogP contribution is -2.49. The number of likely N-dealkylation sites (N-methyl/N-ethyl adjacent to an activating group) is 1. The number of piperazine rings is 3.